The molecule has 0 aliphatic heterocycles. The van der Waals surface area contributed by atoms with E-state index in [9.17, 15) is 40.2 Å². The SMILES string of the molecule is Cc1c(-c2ccc(O)c(O)c2)oc2cc(O)cc(O)c2c1=O.Cc1cc(O)c2c(=O)cc(-c3ccc(O)cc3)oc2c1. The van der Waals surface area contributed by atoms with Gasteiger partial charge in [-0.15, -0.1) is 0 Å². The van der Waals surface area contributed by atoms with E-state index in [-0.39, 0.29) is 67.6 Å². The average Bonchev–Trinajstić information content (AvgIpc) is 2.92. The largest absolute Gasteiger partial charge is 0.508 e. The molecule has 212 valence electrons. The summed E-state index contributed by atoms with van der Waals surface area (Å²) in [6.07, 6.45) is 0. The number of phenols is 6. The molecule has 6 N–H and O–H groups in total. The van der Waals surface area contributed by atoms with Crippen LogP contribution in [0.1, 0.15) is 11.1 Å². The molecule has 10 heteroatoms. The van der Waals surface area contributed by atoms with Gasteiger partial charge < -0.3 is 39.5 Å². The van der Waals surface area contributed by atoms with Gasteiger partial charge in [0.25, 0.3) is 0 Å². The van der Waals surface area contributed by atoms with Crippen LogP contribution in [0.25, 0.3) is 44.6 Å². The van der Waals surface area contributed by atoms with E-state index in [1.165, 1.54) is 55.5 Å². The zero-order valence-electron chi connectivity index (χ0n) is 22.2. The van der Waals surface area contributed by atoms with Gasteiger partial charge in [0, 0.05) is 34.9 Å². The lowest BCUT2D eigenvalue weighted by atomic mass is 10.0. The summed E-state index contributed by atoms with van der Waals surface area (Å²) in [5.41, 5.74) is 1.74. The molecule has 0 spiro atoms. The van der Waals surface area contributed by atoms with Crippen molar-refractivity contribution in [1.82, 2.24) is 0 Å². The Morgan fingerprint density at radius 2 is 1.19 bits per heavy atom. The molecule has 0 fully saturated rings. The minimum absolute atomic E-state index is 0.0238. The van der Waals surface area contributed by atoms with Gasteiger partial charge in [-0.2, -0.15) is 0 Å². The molecular weight excluding hydrogens is 544 g/mol. The zero-order valence-corrected chi connectivity index (χ0v) is 22.2. The van der Waals surface area contributed by atoms with Crippen LogP contribution in [0.3, 0.4) is 0 Å². The molecule has 0 aliphatic rings. The Morgan fingerprint density at radius 3 is 1.88 bits per heavy atom. The van der Waals surface area contributed by atoms with Gasteiger partial charge in [0.05, 0.1) is 0 Å². The van der Waals surface area contributed by atoms with Gasteiger partial charge in [0.15, 0.2) is 22.4 Å². The fourth-order valence-electron chi connectivity index (χ4n) is 4.48. The molecule has 0 aliphatic carbocycles. The highest BCUT2D eigenvalue weighted by molar-refractivity contribution is 5.87. The summed E-state index contributed by atoms with van der Waals surface area (Å²) in [5, 5.41) is 57.5. The quantitative estimate of drug-likeness (QED) is 0.140. The third-order valence-electron chi connectivity index (χ3n) is 6.53. The first kappa shape index (κ1) is 27.7. The summed E-state index contributed by atoms with van der Waals surface area (Å²) in [6.45, 7) is 3.34. The monoisotopic (exact) mass is 568 g/mol. The Bertz CT molecular complexity index is 2110. The van der Waals surface area contributed by atoms with E-state index < -0.39 is 5.43 Å². The Morgan fingerprint density at radius 1 is 0.548 bits per heavy atom. The number of aromatic hydroxyl groups is 6. The molecule has 0 radical (unpaired) electrons. The Hall–Kier alpha value is -5.90. The number of hydrogen-bond donors (Lipinski definition) is 6. The van der Waals surface area contributed by atoms with Crippen LogP contribution in [0, 0.1) is 13.8 Å². The molecule has 6 rings (SSSR count). The molecule has 0 amide bonds. The van der Waals surface area contributed by atoms with Crippen LogP contribution >= 0.6 is 0 Å². The molecule has 10 nitrogen and oxygen atoms in total. The predicted octanol–water partition coefficient (Wildman–Crippen LogP) is 5.77. The Labute approximate surface area is 236 Å². The van der Waals surface area contributed by atoms with Crippen molar-refractivity contribution in [3.05, 3.63) is 104 Å². The van der Waals surface area contributed by atoms with Gasteiger partial charge in [0.2, 0.25) is 0 Å². The molecular formula is C32H24O10. The van der Waals surface area contributed by atoms with Crippen molar-refractivity contribution in [2.24, 2.45) is 0 Å². The molecule has 0 saturated carbocycles. The van der Waals surface area contributed by atoms with Gasteiger partial charge in [-0.1, -0.05) is 0 Å². The molecule has 0 unspecified atom stereocenters. The molecule has 0 bridgehead atoms. The van der Waals surface area contributed by atoms with Gasteiger partial charge in [-0.3, -0.25) is 9.59 Å². The Kier molecular flexibility index (Phi) is 6.97. The first-order chi connectivity index (χ1) is 19.9. The van der Waals surface area contributed by atoms with E-state index >= 15 is 0 Å². The van der Waals surface area contributed by atoms with Crippen LogP contribution in [0.15, 0.2) is 91.2 Å². The third-order valence-corrected chi connectivity index (χ3v) is 6.53. The number of aryl methyl sites for hydroxylation is 1. The second kappa shape index (κ2) is 10.6. The van der Waals surface area contributed by atoms with Crippen molar-refractivity contribution < 1.29 is 39.5 Å². The summed E-state index contributed by atoms with van der Waals surface area (Å²) in [5.74, 6) is -0.608. The maximum atomic E-state index is 12.4. The first-order valence-electron chi connectivity index (χ1n) is 12.5. The Balaban J connectivity index is 0.000000169. The van der Waals surface area contributed by atoms with Gasteiger partial charge in [-0.25, -0.2) is 0 Å². The minimum Gasteiger partial charge on any atom is -0.508 e. The van der Waals surface area contributed by atoms with Crippen LogP contribution in [0.5, 0.6) is 34.5 Å². The van der Waals surface area contributed by atoms with Crippen LogP contribution in [-0.4, -0.2) is 30.6 Å². The van der Waals surface area contributed by atoms with E-state index in [2.05, 4.69) is 0 Å². The molecule has 6 aromatic rings. The van der Waals surface area contributed by atoms with Crippen molar-refractivity contribution in [2.75, 3.05) is 0 Å². The maximum absolute atomic E-state index is 12.4. The van der Waals surface area contributed by atoms with E-state index in [1.54, 1.807) is 18.2 Å². The van der Waals surface area contributed by atoms with Crippen molar-refractivity contribution in [1.29, 1.82) is 0 Å². The smallest absolute Gasteiger partial charge is 0.199 e. The van der Waals surface area contributed by atoms with Crippen molar-refractivity contribution in [3.8, 4) is 57.1 Å². The molecule has 2 aromatic heterocycles. The second-order valence-electron chi connectivity index (χ2n) is 9.61. The third kappa shape index (κ3) is 5.16. The number of benzene rings is 4. The normalized spacial score (nSPS) is 10.9. The highest BCUT2D eigenvalue weighted by atomic mass is 16.3. The van der Waals surface area contributed by atoms with Crippen LogP contribution in [0.2, 0.25) is 0 Å². The number of rotatable bonds is 2. The van der Waals surface area contributed by atoms with Gasteiger partial charge >= 0.3 is 0 Å². The van der Waals surface area contributed by atoms with Crippen LogP contribution in [-0.2, 0) is 0 Å². The standard InChI is InChI=1S/C16H12O6.C16H12O4/c1-7-15(21)14-12(20)5-9(17)6-13(14)22-16(7)8-2-3-10(18)11(19)4-8;1-9-6-12(18)16-13(19)8-14(20-15(16)7-9)10-2-4-11(17)5-3-10/h2-6,17-20H,1H3;2-8,17-18H,1H3. The zero-order chi connectivity index (χ0) is 30.3. The lowest BCUT2D eigenvalue weighted by Gasteiger charge is -2.09. The fourth-order valence-corrected chi connectivity index (χ4v) is 4.48. The second-order valence-corrected chi connectivity index (χ2v) is 9.61. The number of fused-ring (bicyclic) bond motifs is 2. The van der Waals surface area contributed by atoms with Crippen LogP contribution < -0.4 is 10.9 Å². The molecule has 0 atom stereocenters. The number of phenolic OH excluding ortho intramolecular Hbond substituents is 6. The lowest BCUT2D eigenvalue weighted by Crippen LogP contribution is -2.07. The summed E-state index contributed by atoms with van der Waals surface area (Å²) < 4.78 is 11.3. The maximum Gasteiger partial charge on any atom is 0.199 e. The first-order valence-corrected chi connectivity index (χ1v) is 12.5. The summed E-state index contributed by atoms with van der Waals surface area (Å²) in [4.78, 5) is 24.5. The average molecular weight is 569 g/mol. The molecule has 4 aromatic carbocycles. The summed E-state index contributed by atoms with van der Waals surface area (Å²) in [7, 11) is 0. The molecule has 2 heterocycles. The topological polar surface area (TPSA) is 182 Å². The lowest BCUT2D eigenvalue weighted by molar-refractivity contribution is 0.404. The van der Waals surface area contributed by atoms with Crippen molar-refractivity contribution >= 4 is 21.9 Å². The molecule has 42 heavy (non-hydrogen) atoms. The van der Waals surface area contributed by atoms with E-state index in [0.29, 0.717) is 22.5 Å². The van der Waals surface area contributed by atoms with E-state index in [0.717, 1.165) is 11.6 Å². The highest BCUT2D eigenvalue weighted by Gasteiger charge is 2.17. The minimum atomic E-state index is -0.443. The van der Waals surface area contributed by atoms with Crippen molar-refractivity contribution in [3.63, 3.8) is 0 Å². The summed E-state index contributed by atoms with van der Waals surface area (Å²) >= 11 is 0. The fraction of sp³-hybridized carbons (Fsp3) is 0.0625. The summed E-state index contributed by atoms with van der Waals surface area (Å²) in [6, 6.07) is 17.2. The molecule has 0 saturated heterocycles. The van der Waals surface area contributed by atoms with Gasteiger partial charge in [0.1, 0.15) is 56.5 Å². The number of hydrogen-bond acceptors (Lipinski definition) is 10. The highest BCUT2D eigenvalue weighted by Crippen LogP contribution is 2.35. The van der Waals surface area contributed by atoms with Crippen molar-refractivity contribution in [2.45, 2.75) is 13.8 Å². The van der Waals surface area contributed by atoms with Gasteiger partial charge in [-0.05, 0) is 74.0 Å². The van der Waals surface area contributed by atoms with E-state index in [1.807, 2.05) is 6.92 Å². The van der Waals surface area contributed by atoms with E-state index in [4.69, 9.17) is 8.83 Å². The van der Waals surface area contributed by atoms with Crippen LogP contribution in [0.4, 0.5) is 0 Å². The predicted molar refractivity (Wildman–Crippen MR) is 155 cm³/mol.